The number of fused-ring (bicyclic) bond motifs is 5. The molecule has 5 atom stereocenters. The molecule has 0 saturated carbocycles. The average Bonchev–Trinajstić information content (AvgIpc) is 2.91. The molecule has 0 aliphatic carbocycles. The third-order valence-electron chi connectivity index (χ3n) is 8.10. The highest BCUT2D eigenvalue weighted by Gasteiger charge is 2.44. The molecule has 3 fully saturated rings. The summed E-state index contributed by atoms with van der Waals surface area (Å²) in [7, 11) is 1.72. The summed E-state index contributed by atoms with van der Waals surface area (Å²) in [5.41, 5.74) is 2.18. The quantitative estimate of drug-likeness (QED) is 0.329. The number of piperidine rings is 3. The number of rotatable bonds is 6. The van der Waals surface area contributed by atoms with Crippen LogP contribution in [-0.4, -0.2) is 36.1 Å². The van der Waals surface area contributed by atoms with Crippen LogP contribution in [0.25, 0.3) is 21.7 Å². The van der Waals surface area contributed by atoms with E-state index in [1.54, 1.807) is 7.11 Å². The molecule has 0 radical (unpaired) electrons. The van der Waals surface area contributed by atoms with Crippen molar-refractivity contribution < 1.29 is 9.47 Å². The molecule has 4 aromatic rings. The lowest BCUT2D eigenvalue weighted by Gasteiger charge is -2.52. The Kier molecular flexibility index (Phi) is 5.62. The van der Waals surface area contributed by atoms with Crippen LogP contribution in [0.15, 0.2) is 72.9 Å². The fourth-order valence-corrected chi connectivity index (χ4v) is 6.26. The van der Waals surface area contributed by atoms with Gasteiger partial charge in [-0.15, -0.1) is 0 Å². The number of hydrogen-bond acceptors (Lipinski definition) is 4. The van der Waals surface area contributed by atoms with E-state index in [-0.39, 0.29) is 6.10 Å². The Morgan fingerprint density at radius 3 is 2.74 bits per heavy atom. The second-order valence-electron chi connectivity index (χ2n) is 9.81. The van der Waals surface area contributed by atoms with Gasteiger partial charge >= 0.3 is 0 Å². The van der Waals surface area contributed by atoms with Crippen molar-refractivity contribution in [3.8, 4) is 11.5 Å². The molecular weight excluding hydrogens is 420 g/mol. The van der Waals surface area contributed by atoms with Gasteiger partial charge in [0.05, 0.1) is 18.7 Å². The number of ether oxygens (including phenoxy) is 2. The summed E-state index contributed by atoms with van der Waals surface area (Å²) in [5, 5.41) is 3.48. The van der Waals surface area contributed by atoms with E-state index in [9.17, 15) is 0 Å². The van der Waals surface area contributed by atoms with Crippen molar-refractivity contribution in [3.05, 3.63) is 78.5 Å². The Balaban J connectivity index is 1.48. The molecule has 3 aliphatic heterocycles. The third kappa shape index (κ3) is 3.70. The molecule has 4 nitrogen and oxygen atoms in total. The average molecular weight is 453 g/mol. The van der Waals surface area contributed by atoms with Gasteiger partial charge in [-0.1, -0.05) is 49.7 Å². The van der Waals surface area contributed by atoms with E-state index >= 15 is 0 Å². The van der Waals surface area contributed by atoms with Gasteiger partial charge in [-0.2, -0.15) is 0 Å². The van der Waals surface area contributed by atoms with Crippen LogP contribution in [0, 0.1) is 11.8 Å². The SMILES string of the molecule is CC[C@H]1CN2CC[C@H]1C[C@H]2[C@@H](Oc1cccc2ccccc12)c1ccnc2ccc(OC)cc12. The first kappa shape index (κ1) is 21.4. The molecule has 3 saturated heterocycles. The van der Waals surface area contributed by atoms with Crippen LogP contribution in [0.4, 0.5) is 0 Å². The molecule has 3 aromatic carbocycles. The lowest BCUT2D eigenvalue weighted by molar-refractivity contribution is -0.0480. The van der Waals surface area contributed by atoms with Crippen molar-refractivity contribution in [3.63, 3.8) is 0 Å². The molecule has 1 unspecified atom stereocenters. The second kappa shape index (κ2) is 8.92. The number of nitrogens with zero attached hydrogens (tertiary/aromatic N) is 2. The molecule has 34 heavy (non-hydrogen) atoms. The molecule has 4 heteroatoms. The van der Waals surface area contributed by atoms with E-state index in [0.717, 1.165) is 46.2 Å². The van der Waals surface area contributed by atoms with Crippen molar-refractivity contribution in [2.24, 2.45) is 11.8 Å². The van der Waals surface area contributed by atoms with Gasteiger partial charge in [-0.25, -0.2) is 0 Å². The Labute approximate surface area is 201 Å². The summed E-state index contributed by atoms with van der Waals surface area (Å²) in [5.74, 6) is 3.38. The highest BCUT2D eigenvalue weighted by molar-refractivity contribution is 5.88. The van der Waals surface area contributed by atoms with Gasteiger partial charge in [0.15, 0.2) is 0 Å². The maximum absolute atomic E-state index is 7.05. The van der Waals surface area contributed by atoms with Gasteiger partial charge in [0, 0.05) is 29.1 Å². The third-order valence-corrected chi connectivity index (χ3v) is 8.10. The zero-order chi connectivity index (χ0) is 23.1. The van der Waals surface area contributed by atoms with Crippen molar-refractivity contribution in [2.75, 3.05) is 20.2 Å². The van der Waals surface area contributed by atoms with Crippen molar-refractivity contribution in [1.82, 2.24) is 9.88 Å². The van der Waals surface area contributed by atoms with E-state index in [1.165, 1.54) is 36.8 Å². The van der Waals surface area contributed by atoms with Gasteiger partial charge < -0.3 is 9.47 Å². The first-order valence-electron chi connectivity index (χ1n) is 12.6. The van der Waals surface area contributed by atoms with Crippen LogP contribution in [0.5, 0.6) is 11.5 Å². The topological polar surface area (TPSA) is 34.6 Å². The second-order valence-corrected chi connectivity index (χ2v) is 9.81. The minimum absolute atomic E-state index is 0.0796. The Hall–Kier alpha value is -3.11. The maximum Gasteiger partial charge on any atom is 0.140 e. The normalized spacial score (nSPS) is 24.9. The Morgan fingerprint density at radius 1 is 1.03 bits per heavy atom. The molecule has 3 aliphatic rings. The van der Waals surface area contributed by atoms with Gasteiger partial charge in [-0.3, -0.25) is 9.88 Å². The number of hydrogen-bond donors (Lipinski definition) is 0. The molecular formula is C30H32N2O2. The van der Waals surface area contributed by atoms with Crippen molar-refractivity contribution >= 4 is 21.7 Å². The molecule has 174 valence electrons. The number of methoxy groups -OCH3 is 1. The summed E-state index contributed by atoms with van der Waals surface area (Å²) in [4.78, 5) is 7.34. The molecule has 0 spiro atoms. The fourth-order valence-electron chi connectivity index (χ4n) is 6.26. The Bertz CT molecular complexity index is 1310. The molecule has 4 heterocycles. The zero-order valence-electron chi connectivity index (χ0n) is 20.0. The number of pyridine rings is 1. The van der Waals surface area contributed by atoms with Crippen LogP contribution < -0.4 is 9.47 Å². The van der Waals surface area contributed by atoms with Crippen LogP contribution >= 0.6 is 0 Å². The predicted octanol–water partition coefficient (Wildman–Crippen LogP) is 6.64. The highest BCUT2D eigenvalue weighted by atomic mass is 16.5. The van der Waals surface area contributed by atoms with Crippen molar-refractivity contribution in [2.45, 2.75) is 38.3 Å². The molecule has 2 bridgehead atoms. The minimum atomic E-state index is -0.0796. The standard InChI is InChI=1S/C30H32N2O2/c1-3-20-19-32-16-14-22(20)17-28(32)30(34-29-10-6-8-21-7-4-5-9-24(21)29)25-13-15-31-27-12-11-23(33-2)18-26(25)27/h4-13,15,18,20,22,28,30H,3,14,16-17,19H2,1-2H3/t20-,22-,28-,30-/m0/s1. The minimum Gasteiger partial charge on any atom is -0.497 e. The van der Waals surface area contributed by atoms with Crippen LogP contribution in [0.2, 0.25) is 0 Å². The number of aromatic nitrogens is 1. The summed E-state index contributed by atoms with van der Waals surface area (Å²) < 4.78 is 12.6. The van der Waals surface area contributed by atoms with E-state index < -0.39 is 0 Å². The van der Waals surface area contributed by atoms with Crippen molar-refractivity contribution in [1.29, 1.82) is 0 Å². The first-order valence-corrected chi connectivity index (χ1v) is 12.6. The molecule has 7 rings (SSSR count). The summed E-state index contributed by atoms with van der Waals surface area (Å²) in [6, 6.07) is 23.5. The lowest BCUT2D eigenvalue weighted by atomic mass is 9.72. The van der Waals surface area contributed by atoms with Gasteiger partial charge in [-0.05, 0) is 66.9 Å². The van der Waals surface area contributed by atoms with Crippen LogP contribution in [0.1, 0.15) is 37.9 Å². The van der Waals surface area contributed by atoms with E-state index in [2.05, 4.69) is 71.4 Å². The van der Waals surface area contributed by atoms with Gasteiger partial charge in [0.1, 0.15) is 17.6 Å². The first-order chi connectivity index (χ1) is 16.7. The van der Waals surface area contributed by atoms with Gasteiger partial charge in [0.25, 0.3) is 0 Å². The summed E-state index contributed by atoms with van der Waals surface area (Å²) in [6.45, 7) is 4.68. The predicted molar refractivity (Wildman–Crippen MR) is 137 cm³/mol. The smallest absolute Gasteiger partial charge is 0.140 e. The van der Waals surface area contributed by atoms with Gasteiger partial charge in [0.2, 0.25) is 0 Å². The molecule has 1 aromatic heterocycles. The fraction of sp³-hybridized carbons (Fsp3) is 0.367. The molecule has 0 amide bonds. The van der Waals surface area contributed by atoms with E-state index in [1.807, 2.05) is 18.3 Å². The monoisotopic (exact) mass is 452 g/mol. The van der Waals surface area contributed by atoms with E-state index in [0.29, 0.717) is 6.04 Å². The molecule has 0 N–H and O–H groups in total. The number of benzene rings is 3. The largest absolute Gasteiger partial charge is 0.497 e. The van der Waals surface area contributed by atoms with Crippen LogP contribution in [0.3, 0.4) is 0 Å². The highest BCUT2D eigenvalue weighted by Crippen LogP contribution is 2.45. The summed E-state index contributed by atoms with van der Waals surface area (Å²) in [6.07, 6.45) is 5.60. The zero-order valence-corrected chi connectivity index (χ0v) is 20.0. The maximum atomic E-state index is 7.05. The van der Waals surface area contributed by atoms with Crippen LogP contribution in [-0.2, 0) is 0 Å². The van der Waals surface area contributed by atoms with E-state index in [4.69, 9.17) is 9.47 Å². The Morgan fingerprint density at radius 2 is 1.91 bits per heavy atom. The summed E-state index contributed by atoms with van der Waals surface area (Å²) >= 11 is 0. The lowest BCUT2D eigenvalue weighted by Crippen LogP contribution is -2.56.